The van der Waals surface area contributed by atoms with Crippen molar-refractivity contribution in [2.24, 2.45) is 0 Å². The number of rotatable bonds is 6. The van der Waals surface area contributed by atoms with Crippen molar-refractivity contribution < 1.29 is 19.1 Å². The van der Waals surface area contributed by atoms with E-state index < -0.39 is 5.97 Å². The summed E-state index contributed by atoms with van der Waals surface area (Å²) in [7, 11) is 1.59. The normalized spacial score (nSPS) is 11.5. The van der Waals surface area contributed by atoms with Gasteiger partial charge in [-0.15, -0.1) is 0 Å². The Morgan fingerprint density at radius 2 is 1.83 bits per heavy atom. The lowest BCUT2D eigenvalue weighted by atomic mass is 10.1. The lowest BCUT2D eigenvalue weighted by molar-refractivity contribution is -0.124. The number of hydrogen-bond acceptors (Lipinski definition) is 4. The van der Waals surface area contributed by atoms with Crippen LogP contribution >= 0.6 is 0 Å². The molecule has 2 rings (SSSR count). The number of hydrogen-bond donors (Lipinski definition) is 1. The highest BCUT2D eigenvalue weighted by Gasteiger charge is 2.13. The number of methoxy groups -OCH3 is 1. The number of nitrogens with one attached hydrogen (secondary N) is 1. The Bertz CT molecular complexity index is 710. The molecular formula is C19H21NO4. The van der Waals surface area contributed by atoms with Crippen LogP contribution in [0.2, 0.25) is 0 Å². The van der Waals surface area contributed by atoms with Gasteiger partial charge < -0.3 is 14.8 Å². The van der Waals surface area contributed by atoms with Crippen molar-refractivity contribution in [1.82, 2.24) is 5.32 Å². The van der Waals surface area contributed by atoms with Crippen LogP contribution in [0.3, 0.4) is 0 Å². The van der Waals surface area contributed by atoms with Crippen LogP contribution in [-0.4, -0.2) is 25.6 Å². The van der Waals surface area contributed by atoms with Gasteiger partial charge in [-0.3, -0.25) is 4.79 Å². The van der Waals surface area contributed by atoms with E-state index in [4.69, 9.17) is 9.47 Å². The zero-order valence-corrected chi connectivity index (χ0v) is 14.0. The van der Waals surface area contributed by atoms with Crippen LogP contribution in [-0.2, 0) is 9.53 Å². The van der Waals surface area contributed by atoms with Gasteiger partial charge in [0.05, 0.1) is 18.7 Å². The highest BCUT2D eigenvalue weighted by Crippen LogP contribution is 2.18. The lowest BCUT2D eigenvalue weighted by Crippen LogP contribution is -2.31. The molecule has 0 aromatic heterocycles. The molecule has 0 radical (unpaired) electrons. The van der Waals surface area contributed by atoms with Gasteiger partial charge in [-0.1, -0.05) is 29.8 Å². The van der Waals surface area contributed by atoms with Gasteiger partial charge in [0.2, 0.25) is 0 Å². The second-order valence-corrected chi connectivity index (χ2v) is 5.51. The number of benzene rings is 2. The van der Waals surface area contributed by atoms with Crippen molar-refractivity contribution in [3.05, 3.63) is 65.2 Å². The summed E-state index contributed by atoms with van der Waals surface area (Å²) in [6, 6.07) is 14.2. The Morgan fingerprint density at radius 1 is 1.12 bits per heavy atom. The minimum absolute atomic E-state index is 0.217. The van der Waals surface area contributed by atoms with Crippen LogP contribution < -0.4 is 10.1 Å². The third-order valence-corrected chi connectivity index (χ3v) is 3.59. The Morgan fingerprint density at radius 3 is 2.50 bits per heavy atom. The standard InChI is InChI=1S/C19H21NO4/c1-13-7-9-15(10-8-13)19(22)24-12-18(21)20-14(2)16-5-4-6-17(11-16)23-3/h4-11,14H,12H2,1-3H3,(H,20,21)/t14-/m0/s1. The molecule has 2 aromatic carbocycles. The molecule has 5 nitrogen and oxygen atoms in total. The molecule has 24 heavy (non-hydrogen) atoms. The van der Waals surface area contributed by atoms with E-state index in [2.05, 4.69) is 5.32 Å². The lowest BCUT2D eigenvalue weighted by Gasteiger charge is -2.15. The molecule has 1 amide bonds. The molecule has 0 bridgehead atoms. The fraction of sp³-hybridized carbons (Fsp3) is 0.263. The first-order valence-electron chi connectivity index (χ1n) is 7.66. The van der Waals surface area contributed by atoms with Gasteiger partial charge in [0, 0.05) is 0 Å². The summed E-state index contributed by atoms with van der Waals surface area (Å²) in [5.74, 6) is -0.149. The minimum atomic E-state index is -0.515. The molecule has 0 saturated carbocycles. The Labute approximate surface area is 141 Å². The van der Waals surface area contributed by atoms with E-state index in [1.165, 1.54) is 0 Å². The van der Waals surface area contributed by atoms with Gasteiger partial charge in [0.1, 0.15) is 5.75 Å². The smallest absolute Gasteiger partial charge is 0.338 e. The highest BCUT2D eigenvalue weighted by atomic mass is 16.5. The molecule has 0 saturated heterocycles. The van der Waals surface area contributed by atoms with Crippen LogP contribution in [0.4, 0.5) is 0 Å². The first-order valence-corrected chi connectivity index (χ1v) is 7.66. The summed E-state index contributed by atoms with van der Waals surface area (Å²) in [6.07, 6.45) is 0. The first-order chi connectivity index (χ1) is 11.5. The molecule has 126 valence electrons. The Hall–Kier alpha value is -2.82. The zero-order valence-electron chi connectivity index (χ0n) is 14.0. The molecule has 1 atom stereocenters. The first kappa shape index (κ1) is 17.5. The number of aryl methyl sites for hydroxylation is 1. The summed E-state index contributed by atoms with van der Waals surface area (Å²) in [5.41, 5.74) is 2.39. The van der Waals surface area contributed by atoms with E-state index in [1.54, 1.807) is 19.2 Å². The fourth-order valence-corrected chi connectivity index (χ4v) is 2.18. The van der Waals surface area contributed by atoms with E-state index in [0.717, 1.165) is 16.9 Å². The Kier molecular flexibility index (Phi) is 5.95. The van der Waals surface area contributed by atoms with Gasteiger partial charge in [0.25, 0.3) is 5.91 Å². The van der Waals surface area contributed by atoms with Crippen LogP contribution in [0, 0.1) is 6.92 Å². The van der Waals surface area contributed by atoms with Crippen molar-refractivity contribution in [3.63, 3.8) is 0 Å². The third kappa shape index (κ3) is 4.84. The van der Waals surface area contributed by atoms with Gasteiger partial charge in [-0.05, 0) is 43.7 Å². The summed E-state index contributed by atoms with van der Waals surface area (Å²) in [6.45, 7) is 3.47. The van der Waals surface area contributed by atoms with Crippen LogP contribution in [0.1, 0.15) is 34.5 Å². The maximum absolute atomic E-state index is 12.0. The van der Waals surface area contributed by atoms with Crippen molar-refractivity contribution in [3.8, 4) is 5.75 Å². The maximum atomic E-state index is 12.0. The molecule has 0 aliphatic carbocycles. The zero-order chi connectivity index (χ0) is 17.5. The number of esters is 1. The molecule has 0 spiro atoms. The van der Waals surface area contributed by atoms with Crippen LogP contribution in [0.5, 0.6) is 5.75 Å². The number of amides is 1. The summed E-state index contributed by atoms with van der Waals surface area (Å²) < 4.78 is 10.2. The summed E-state index contributed by atoms with van der Waals surface area (Å²) in [4.78, 5) is 23.8. The third-order valence-electron chi connectivity index (χ3n) is 3.59. The predicted octanol–water partition coefficient (Wildman–Crippen LogP) is 3.04. The molecule has 0 aliphatic rings. The van der Waals surface area contributed by atoms with Gasteiger partial charge in [-0.25, -0.2) is 4.79 Å². The van der Waals surface area contributed by atoms with E-state index in [9.17, 15) is 9.59 Å². The van der Waals surface area contributed by atoms with Crippen molar-refractivity contribution in [2.45, 2.75) is 19.9 Å². The topological polar surface area (TPSA) is 64.6 Å². The SMILES string of the molecule is COc1cccc([C@H](C)NC(=O)COC(=O)c2ccc(C)cc2)c1. The average Bonchev–Trinajstić information content (AvgIpc) is 2.60. The van der Waals surface area contributed by atoms with Crippen molar-refractivity contribution in [1.29, 1.82) is 0 Å². The summed E-state index contributed by atoms with van der Waals surface area (Å²) in [5, 5.41) is 2.79. The second-order valence-electron chi connectivity index (χ2n) is 5.51. The van der Waals surface area contributed by atoms with E-state index in [-0.39, 0.29) is 18.6 Å². The Balaban J connectivity index is 1.86. The highest BCUT2D eigenvalue weighted by molar-refractivity contribution is 5.91. The van der Waals surface area contributed by atoms with E-state index >= 15 is 0 Å². The van der Waals surface area contributed by atoms with E-state index in [0.29, 0.717) is 5.56 Å². The van der Waals surface area contributed by atoms with Crippen LogP contribution in [0.25, 0.3) is 0 Å². The predicted molar refractivity (Wildman–Crippen MR) is 91.0 cm³/mol. The monoisotopic (exact) mass is 327 g/mol. The van der Waals surface area contributed by atoms with Gasteiger partial charge in [0.15, 0.2) is 6.61 Å². The molecule has 0 unspecified atom stereocenters. The van der Waals surface area contributed by atoms with E-state index in [1.807, 2.05) is 50.2 Å². The van der Waals surface area contributed by atoms with Gasteiger partial charge in [-0.2, -0.15) is 0 Å². The average molecular weight is 327 g/mol. The van der Waals surface area contributed by atoms with Gasteiger partial charge >= 0.3 is 5.97 Å². The molecule has 2 aromatic rings. The summed E-state index contributed by atoms with van der Waals surface area (Å²) >= 11 is 0. The number of carbonyl (C=O) groups excluding carboxylic acids is 2. The molecule has 1 N–H and O–H groups in total. The molecule has 0 heterocycles. The maximum Gasteiger partial charge on any atom is 0.338 e. The number of carbonyl (C=O) groups is 2. The molecule has 0 fully saturated rings. The minimum Gasteiger partial charge on any atom is -0.497 e. The largest absolute Gasteiger partial charge is 0.497 e. The molecule has 5 heteroatoms. The number of ether oxygens (including phenoxy) is 2. The quantitative estimate of drug-likeness (QED) is 0.828. The van der Waals surface area contributed by atoms with Crippen LogP contribution in [0.15, 0.2) is 48.5 Å². The van der Waals surface area contributed by atoms with Crippen molar-refractivity contribution in [2.75, 3.05) is 13.7 Å². The van der Waals surface area contributed by atoms with Crippen molar-refractivity contribution >= 4 is 11.9 Å². The fourth-order valence-electron chi connectivity index (χ4n) is 2.18. The molecular weight excluding hydrogens is 306 g/mol. The second kappa shape index (κ2) is 8.15. The molecule has 0 aliphatic heterocycles.